The van der Waals surface area contributed by atoms with Crippen LogP contribution in [-0.2, 0) is 23.9 Å². The van der Waals surface area contributed by atoms with Gasteiger partial charge in [0.15, 0.2) is 5.78 Å². The molecule has 0 spiro atoms. The molecule has 2 heterocycles. The molecule has 158 valence electrons. The Kier molecular flexibility index (Phi) is 7.57. The normalized spacial score (nSPS) is 23.8. The Hall–Kier alpha value is -1.96. The third kappa shape index (κ3) is 4.90. The Morgan fingerprint density at radius 3 is 2.39 bits per heavy atom. The minimum absolute atomic E-state index is 0.0250. The van der Waals surface area contributed by atoms with E-state index in [0.717, 1.165) is 6.42 Å². The standard InChI is InChI=1S/C20H33N3O5/c1-12(2)5-7-16(28-4)20(27)23-11-15(24)18-14(23)9-10-22(18)17(25)8-6-13(3)19(21)26/h12-14,16,18H,5-11H2,1-4H3,(H2,21,26). The van der Waals surface area contributed by atoms with E-state index in [1.165, 1.54) is 7.11 Å². The van der Waals surface area contributed by atoms with Gasteiger partial charge in [0, 0.05) is 26.0 Å². The number of hydrogen-bond acceptors (Lipinski definition) is 5. The van der Waals surface area contributed by atoms with Gasteiger partial charge in [0.25, 0.3) is 5.91 Å². The monoisotopic (exact) mass is 395 g/mol. The third-order valence-corrected chi connectivity index (χ3v) is 5.87. The molecule has 2 aliphatic heterocycles. The van der Waals surface area contributed by atoms with Crippen molar-refractivity contribution >= 4 is 23.5 Å². The number of fused-ring (bicyclic) bond motifs is 1. The second kappa shape index (κ2) is 9.49. The van der Waals surface area contributed by atoms with E-state index >= 15 is 0 Å². The molecule has 28 heavy (non-hydrogen) atoms. The van der Waals surface area contributed by atoms with Gasteiger partial charge in [-0.25, -0.2) is 0 Å². The lowest BCUT2D eigenvalue weighted by Gasteiger charge is -2.27. The number of Topliss-reactive ketones (excluding diaryl/α,β-unsaturated/α-hetero) is 1. The fourth-order valence-corrected chi connectivity index (χ4v) is 4.03. The van der Waals surface area contributed by atoms with Gasteiger partial charge in [-0.2, -0.15) is 0 Å². The topological polar surface area (TPSA) is 110 Å². The second-order valence-corrected chi connectivity index (χ2v) is 8.36. The van der Waals surface area contributed by atoms with Gasteiger partial charge in [0.05, 0.1) is 12.6 Å². The lowest BCUT2D eigenvalue weighted by atomic mass is 10.0. The molecule has 0 bridgehead atoms. The zero-order valence-electron chi connectivity index (χ0n) is 17.3. The number of rotatable bonds is 9. The van der Waals surface area contributed by atoms with E-state index < -0.39 is 18.1 Å². The highest BCUT2D eigenvalue weighted by molar-refractivity contribution is 5.98. The molecule has 2 saturated heterocycles. The molecular formula is C20H33N3O5. The minimum Gasteiger partial charge on any atom is -0.372 e. The summed E-state index contributed by atoms with van der Waals surface area (Å²) < 4.78 is 5.39. The molecule has 0 aromatic rings. The summed E-state index contributed by atoms with van der Waals surface area (Å²) in [6.45, 7) is 6.33. The van der Waals surface area contributed by atoms with Crippen LogP contribution in [0.2, 0.25) is 0 Å². The summed E-state index contributed by atoms with van der Waals surface area (Å²) in [5, 5.41) is 0. The van der Waals surface area contributed by atoms with Gasteiger partial charge in [0.1, 0.15) is 12.1 Å². The van der Waals surface area contributed by atoms with Gasteiger partial charge >= 0.3 is 0 Å². The number of nitrogens with zero attached hydrogens (tertiary/aromatic N) is 2. The number of methoxy groups -OCH3 is 1. The lowest BCUT2D eigenvalue weighted by molar-refractivity contribution is -0.144. The molecule has 3 amide bonds. The number of hydrogen-bond donors (Lipinski definition) is 1. The van der Waals surface area contributed by atoms with Gasteiger partial charge in [-0.15, -0.1) is 0 Å². The Bertz CT molecular complexity index is 621. The molecule has 0 aliphatic carbocycles. The summed E-state index contributed by atoms with van der Waals surface area (Å²) in [6, 6.07) is -0.864. The first-order valence-electron chi connectivity index (χ1n) is 10.1. The van der Waals surface area contributed by atoms with Crippen LogP contribution in [-0.4, -0.2) is 71.7 Å². The second-order valence-electron chi connectivity index (χ2n) is 8.36. The van der Waals surface area contributed by atoms with Gasteiger partial charge in [-0.05, 0) is 31.6 Å². The maximum Gasteiger partial charge on any atom is 0.252 e. The number of carbonyl (C=O) groups is 4. The summed E-state index contributed by atoms with van der Waals surface area (Å²) in [6.07, 6.45) is 2.03. The number of nitrogens with two attached hydrogens (primary N) is 1. The van der Waals surface area contributed by atoms with E-state index in [-0.39, 0.29) is 42.5 Å². The summed E-state index contributed by atoms with van der Waals surface area (Å²) in [5.41, 5.74) is 5.25. The Labute approximate surface area is 166 Å². The molecule has 0 aromatic heterocycles. The molecule has 0 radical (unpaired) electrons. The molecular weight excluding hydrogens is 362 g/mol. The van der Waals surface area contributed by atoms with Crippen LogP contribution in [0.4, 0.5) is 0 Å². The van der Waals surface area contributed by atoms with Crippen LogP contribution in [0.1, 0.15) is 52.9 Å². The number of ether oxygens (including phenoxy) is 1. The van der Waals surface area contributed by atoms with Crippen LogP contribution in [0.5, 0.6) is 0 Å². The smallest absolute Gasteiger partial charge is 0.252 e. The van der Waals surface area contributed by atoms with E-state index in [2.05, 4.69) is 13.8 Å². The minimum atomic E-state index is -0.581. The molecule has 4 unspecified atom stereocenters. The van der Waals surface area contributed by atoms with Crippen molar-refractivity contribution in [2.45, 2.75) is 71.1 Å². The summed E-state index contributed by atoms with van der Waals surface area (Å²) in [4.78, 5) is 52.5. The highest BCUT2D eigenvalue weighted by atomic mass is 16.5. The molecule has 0 saturated carbocycles. The largest absolute Gasteiger partial charge is 0.372 e. The summed E-state index contributed by atoms with van der Waals surface area (Å²) in [5.74, 6) is -0.797. The van der Waals surface area contributed by atoms with Gasteiger partial charge in [-0.1, -0.05) is 20.8 Å². The zero-order valence-corrected chi connectivity index (χ0v) is 17.3. The van der Waals surface area contributed by atoms with Crippen LogP contribution in [0.25, 0.3) is 0 Å². The quantitative estimate of drug-likeness (QED) is 0.618. The maximum absolute atomic E-state index is 12.9. The van der Waals surface area contributed by atoms with Crippen molar-refractivity contribution in [3.05, 3.63) is 0 Å². The molecule has 8 heteroatoms. The first kappa shape index (κ1) is 22.3. The number of carbonyl (C=O) groups excluding carboxylic acids is 4. The molecule has 0 aromatic carbocycles. The van der Waals surface area contributed by atoms with Crippen LogP contribution in [0.15, 0.2) is 0 Å². The van der Waals surface area contributed by atoms with Crippen LogP contribution < -0.4 is 5.73 Å². The van der Waals surface area contributed by atoms with Crippen molar-refractivity contribution in [1.82, 2.24) is 9.80 Å². The molecule has 2 aliphatic rings. The average molecular weight is 396 g/mol. The number of likely N-dealkylation sites (tertiary alicyclic amines) is 2. The van der Waals surface area contributed by atoms with Gasteiger partial charge < -0.3 is 20.3 Å². The van der Waals surface area contributed by atoms with E-state index in [0.29, 0.717) is 31.7 Å². The number of ketones is 1. The van der Waals surface area contributed by atoms with Crippen molar-refractivity contribution in [2.24, 2.45) is 17.6 Å². The summed E-state index contributed by atoms with van der Waals surface area (Å²) in [7, 11) is 1.52. The van der Waals surface area contributed by atoms with E-state index in [1.54, 1.807) is 16.7 Å². The molecule has 4 atom stereocenters. The highest BCUT2D eigenvalue weighted by Gasteiger charge is 2.51. The molecule has 2 rings (SSSR count). The maximum atomic E-state index is 12.9. The molecule has 2 fully saturated rings. The number of primary amides is 1. The van der Waals surface area contributed by atoms with Gasteiger partial charge in [0.2, 0.25) is 11.8 Å². The van der Waals surface area contributed by atoms with Gasteiger partial charge in [-0.3, -0.25) is 19.2 Å². The Morgan fingerprint density at radius 2 is 1.82 bits per heavy atom. The molecule has 8 nitrogen and oxygen atoms in total. The fourth-order valence-electron chi connectivity index (χ4n) is 4.03. The van der Waals surface area contributed by atoms with E-state index in [4.69, 9.17) is 10.5 Å². The SMILES string of the molecule is COC(CCC(C)C)C(=O)N1CC(=O)C2C1CCN2C(=O)CCC(C)C(N)=O. The van der Waals surface area contributed by atoms with E-state index in [1.807, 2.05) is 0 Å². The van der Waals surface area contributed by atoms with Crippen LogP contribution in [0, 0.1) is 11.8 Å². The van der Waals surface area contributed by atoms with Crippen molar-refractivity contribution in [1.29, 1.82) is 0 Å². The Morgan fingerprint density at radius 1 is 1.14 bits per heavy atom. The third-order valence-electron chi connectivity index (χ3n) is 5.87. The number of amides is 3. The average Bonchev–Trinajstić information content (AvgIpc) is 3.20. The van der Waals surface area contributed by atoms with Crippen molar-refractivity contribution in [3.63, 3.8) is 0 Å². The molecule has 2 N–H and O–H groups in total. The zero-order chi connectivity index (χ0) is 21.0. The first-order valence-corrected chi connectivity index (χ1v) is 10.1. The van der Waals surface area contributed by atoms with Crippen molar-refractivity contribution < 1.29 is 23.9 Å². The lowest BCUT2D eigenvalue weighted by Crippen LogP contribution is -2.46. The predicted octanol–water partition coefficient (Wildman–Crippen LogP) is 0.720. The fraction of sp³-hybridized carbons (Fsp3) is 0.800. The van der Waals surface area contributed by atoms with Crippen LogP contribution >= 0.6 is 0 Å². The van der Waals surface area contributed by atoms with Crippen LogP contribution in [0.3, 0.4) is 0 Å². The Balaban J connectivity index is 2.01. The van der Waals surface area contributed by atoms with E-state index in [9.17, 15) is 19.2 Å². The predicted molar refractivity (Wildman–Crippen MR) is 103 cm³/mol. The first-order chi connectivity index (χ1) is 13.2. The van der Waals surface area contributed by atoms with Crippen molar-refractivity contribution in [2.75, 3.05) is 20.2 Å². The summed E-state index contributed by atoms with van der Waals surface area (Å²) >= 11 is 0. The van der Waals surface area contributed by atoms with Crippen molar-refractivity contribution in [3.8, 4) is 0 Å². The highest BCUT2D eigenvalue weighted by Crippen LogP contribution is 2.31.